The third kappa shape index (κ3) is 3.26. The minimum atomic E-state index is -0.332. The number of rotatable bonds is 4. The van der Waals surface area contributed by atoms with E-state index >= 15 is 0 Å². The Hall–Kier alpha value is -3.81. The second kappa shape index (κ2) is 7.22. The maximum atomic E-state index is 13.3. The van der Waals surface area contributed by atoms with Gasteiger partial charge in [0.1, 0.15) is 5.82 Å². The normalized spacial score (nSPS) is 16.5. The molecule has 0 spiro atoms. The fraction of sp³-hybridized carbons (Fsp3) is 0.182. The van der Waals surface area contributed by atoms with Gasteiger partial charge in [0, 0.05) is 42.9 Å². The molecule has 1 atom stereocenters. The van der Waals surface area contributed by atoms with Crippen LogP contribution in [0.2, 0.25) is 0 Å². The molecule has 150 valence electrons. The lowest BCUT2D eigenvalue weighted by molar-refractivity contribution is -0.128. The third-order valence-electron chi connectivity index (χ3n) is 5.38. The van der Waals surface area contributed by atoms with E-state index in [-0.39, 0.29) is 23.2 Å². The van der Waals surface area contributed by atoms with Crippen LogP contribution in [0, 0.1) is 5.82 Å². The molecule has 1 fully saturated rings. The Morgan fingerprint density at radius 2 is 1.97 bits per heavy atom. The summed E-state index contributed by atoms with van der Waals surface area (Å²) in [7, 11) is 0. The van der Waals surface area contributed by atoms with E-state index in [0.29, 0.717) is 36.4 Å². The number of H-pyrrole nitrogens is 1. The van der Waals surface area contributed by atoms with Gasteiger partial charge in [-0.2, -0.15) is 0 Å². The highest BCUT2D eigenvalue weighted by atomic mass is 19.1. The van der Waals surface area contributed by atoms with Crippen molar-refractivity contribution in [1.82, 2.24) is 24.5 Å². The van der Waals surface area contributed by atoms with Gasteiger partial charge in [-0.25, -0.2) is 13.9 Å². The van der Waals surface area contributed by atoms with E-state index < -0.39 is 0 Å². The summed E-state index contributed by atoms with van der Waals surface area (Å²) < 4.78 is 14.6. The minimum Gasteiger partial charge on any atom is -0.336 e. The van der Waals surface area contributed by atoms with Crippen LogP contribution in [0.25, 0.3) is 16.8 Å². The standard InChI is InChI=1S/C22H18FN5O2/c23-16-6-4-14(5-7-16)18-11-25-28-21(30)10-19(26-22(18)28)15-9-20(29)27(12-15)13-17-3-1-2-8-24-17/h1-8,10-11,15,25H,9,12-13H2. The molecule has 1 saturated heterocycles. The van der Waals surface area contributed by atoms with Crippen molar-refractivity contribution in [1.29, 1.82) is 0 Å². The number of nitrogens with one attached hydrogen (secondary N) is 1. The van der Waals surface area contributed by atoms with E-state index in [2.05, 4.69) is 10.1 Å². The second-order valence-corrected chi connectivity index (χ2v) is 7.37. The van der Waals surface area contributed by atoms with Crippen LogP contribution >= 0.6 is 0 Å². The van der Waals surface area contributed by atoms with Gasteiger partial charge in [-0.1, -0.05) is 18.2 Å². The number of nitrogens with zero attached hydrogens (tertiary/aromatic N) is 4. The number of hydrogen-bond donors (Lipinski definition) is 1. The van der Waals surface area contributed by atoms with Gasteiger partial charge in [-0.05, 0) is 29.8 Å². The molecule has 3 aromatic heterocycles. The molecule has 1 amide bonds. The van der Waals surface area contributed by atoms with E-state index in [1.165, 1.54) is 22.7 Å². The first kappa shape index (κ1) is 18.2. The van der Waals surface area contributed by atoms with Gasteiger partial charge in [0.05, 0.1) is 17.9 Å². The summed E-state index contributed by atoms with van der Waals surface area (Å²) in [4.78, 5) is 35.9. The molecule has 1 unspecified atom stereocenters. The highest BCUT2D eigenvalue weighted by Gasteiger charge is 2.32. The highest BCUT2D eigenvalue weighted by molar-refractivity contribution is 5.80. The lowest BCUT2D eigenvalue weighted by Crippen LogP contribution is -2.25. The number of aromatic nitrogens is 4. The summed E-state index contributed by atoms with van der Waals surface area (Å²) in [5, 5.41) is 2.90. The van der Waals surface area contributed by atoms with Crippen molar-refractivity contribution >= 4 is 11.6 Å². The largest absolute Gasteiger partial charge is 0.336 e. The number of pyridine rings is 1. The number of carbonyl (C=O) groups is 1. The number of hydrogen-bond acceptors (Lipinski definition) is 4. The van der Waals surface area contributed by atoms with Crippen LogP contribution in [-0.4, -0.2) is 36.9 Å². The van der Waals surface area contributed by atoms with E-state index in [0.717, 1.165) is 11.3 Å². The molecule has 30 heavy (non-hydrogen) atoms. The van der Waals surface area contributed by atoms with E-state index in [4.69, 9.17) is 4.98 Å². The van der Waals surface area contributed by atoms with Gasteiger partial charge in [0.25, 0.3) is 5.56 Å². The summed E-state index contributed by atoms with van der Waals surface area (Å²) in [5.41, 5.74) is 3.06. The van der Waals surface area contributed by atoms with Gasteiger partial charge >= 0.3 is 0 Å². The topological polar surface area (TPSA) is 83.4 Å². The first-order chi connectivity index (χ1) is 14.6. The average Bonchev–Trinajstić information content (AvgIpc) is 3.34. The zero-order valence-corrected chi connectivity index (χ0v) is 16.0. The number of fused-ring (bicyclic) bond motifs is 1. The molecule has 0 aliphatic carbocycles. The average molecular weight is 403 g/mol. The molecule has 1 aliphatic heterocycles. The van der Waals surface area contributed by atoms with Crippen molar-refractivity contribution in [2.75, 3.05) is 6.54 Å². The van der Waals surface area contributed by atoms with Gasteiger partial charge in [-0.15, -0.1) is 0 Å². The van der Waals surface area contributed by atoms with Crippen molar-refractivity contribution in [3.63, 3.8) is 0 Å². The summed E-state index contributed by atoms with van der Waals surface area (Å²) in [6, 6.07) is 13.1. The van der Waals surface area contributed by atoms with Crippen molar-refractivity contribution in [3.05, 3.63) is 88.5 Å². The van der Waals surface area contributed by atoms with Crippen LogP contribution in [0.3, 0.4) is 0 Å². The highest BCUT2D eigenvalue weighted by Crippen LogP contribution is 2.29. The SMILES string of the molecule is O=C1CC(c2cc(=O)n3[nH]cc(-c4ccc(F)cc4)c3n2)CN1Cc1ccccn1. The van der Waals surface area contributed by atoms with E-state index in [1.54, 1.807) is 29.4 Å². The molecule has 5 rings (SSSR count). The third-order valence-corrected chi connectivity index (χ3v) is 5.38. The molecule has 8 heteroatoms. The summed E-state index contributed by atoms with van der Waals surface area (Å²) in [6.07, 6.45) is 3.67. The van der Waals surface area contributed by atoms with Gasteiger partial charge < -0.3 is 4.90 Å². The number of likely N-dealkylation sites (tertiary alicyclic amines) is 1. The Morgan fingerprint density at radius 1 is 1.13 bits per heavy atom. The molecule has 0 saturated carbocycles. The van der Waals surface area contributed by atoms with E-state index in [9.17, 15) is 14.0 Å². The predicted molar refractivity (Wildman–Crippen MR) is 108 cm³/mol. The fourth-order valence-electron chi connectivity index (χ4n) is 3.86. The first-order valence-corrected chi connectivity index (χ1v) is 9.63. The number of halogens is 1. The first-order valence-electron chi connectivity index (χ1n) is 9.63. The fourth-order valence-corrected chi connectivity index (χ4v) is 3.86. The number of benzene rings is 1. The summed E-state index contributed by atoms with van der Waals surface area (Å²) >= 11 is 0. The lowest BCUT2D eigenvalue weighted by atomic mass is 10.0. The molecule has 0 bridgehead atoms. The van der Waals surface area contributed by atoms with Crippen LogP contribution in [0.1, 0.15) is 23.7 Å². The molecule has 4 aromatic rings. The molecule has 4 heterocycles. The minimum absolute atomic E-state index is 0.0143. The molecule has 1 aliphatic rings. The Morgan fingerprint density at radius 3 is 2.73 bits per heavy atom. The Kier molecular flexibility index (Phi) is 4.39. The van der Waals surface area contributed by atoms with Gasteiger partial charge in [0.2, 0.25) is 5.91 Å². The zero-order valence-electron chi connectivity index (χ0n) is 16.0. The molecular weight excluding hydrogens is 385 g/mol. The van der Waals surface area contributed by atoms with E-state index in [1.807, 2.05) is 18.2 Å². The van der Waals surface area contributed by atoms with Crippen molar-refractivity contribution in [2.24, 2.45) is 0 Å². The van der Waals surface area contributed by atoms with Crippen LogP contribution in [0.15, 0.2) is 65.7 Å². The van der Waals surface area contributed by atoms with Crippen LogP contribution < -0.4 is 5.56 Å². The molecule has 1 aromatic carbocycles. The Bertz CT molecular complexity index is 1280. The van der Waals surface area contributed by atoms with Gasteiger partial charge in [0.15, 0.2) is 5.65 Å². The Balaban J connectivity index is 1.47. The maximum Gasteiger partial charge on any atom is 0.272 e. The van der Waals surface area contributed by atoms with Crippen LogP contribution in [0.4, 0.5) is 4.39 Å². The van der Waals surface area contributed by atoms with Gasteiger partial charge in [-0.3, -0.25) is 19.7 Å². The molecular formula is C22H18FN5O2. The molecule has 0 radical (unpaired) electrons. The summed E-state index contributed by atoms with van der Waals surface area (Å²) in [5.74, 6) is -0.489. The summed E-state index contributed by atoms with van der Waals surface area (Å²) in [6.45, 7) is 0.913. The second-order valence-electron chi connectivity index (χ2n) is 7.37. The zero-order chi connectivity index (χ0) is 20.7. The van der Waals surface area contributed by atoms with Crippen LogP contribution in [0.5, 0.6) is 0 Å². The van der Waals surface area contributed by atoms with Crippen molar-refractivity contribution < 1.29 is 9.18 Å². The quantitative estimate of drug-likeness (QED) is 0.568. The molecule has 7 nitrogen and oxygen atoms in total. The molecule has 1 N–H and O–H groups in total. The number of carbonyl (C=O) groups excluding carboxylic acids is 1. The predicted octanol–water partition coefficient (Wildman–Crippen LogP) is 2.74. The van der Waals surface area contributed by atoms with Crippen molar-refractivity contribution in [3.8, 4) is 11.1 Å². The number of amides is 1. The van der Waals surface area contributed by atoms with Crippen LogP contribution in [-0.2, 0) is 11.3 Å². The van der Waals surface area contributed by atoms with Crippen molar-refractivity contribution in [2.45, 2.75) is 18.9 Å². The smallest absolute Gasteiger partial charge is 0.272 e. The number of aromatic amines is 1. The monoisotopic (exact) mass is 403 g/mol. The maximum absolute atomic E-state index is 13.3. The lowest BCUT2D eigenvalue weighted by Gasteiger charge is -2.16. The Labute approximate surface area is 170 Å².